The van der Waals surface area contributed by atoms with Gasteiger partial charge >= 0.3 is 11.9 Å². The first-order chi connectivity index (χ1) is 13.0. The molecule has 2 rings (SSSR count). The van der Waals surface area contributed by atoms with Gasteiger partial charge in [0.15, 0.2) is 0 Å². The van der Waals surface area contributed by atoms with E-state index >= 15 is 0 Å². The molecular weight excluding hydrogens is 384 g/mol. The molecule has 0 saturated heterocycles. The van der Waals surface area contributed by atoms with Crippen LogP contribution < -0.4 is 0 Å². The molecule has 1 aliphatic heterocycles. The van der Waals surface area contributed by atoms with Gasteiger partial charge in [0.25, 0.3) is 0 Å². The molecule has 0 saturated carbocycles. The van der Waals surface area contributed by atoms with E-state index < -0.39 is 17.8 Å². The number of hydrogen-bond donors (Lipinski definition) is 0. The first-order valence-corrected chi connectivity index (χ1v) is 10.2. The number of carbonyl (C=O) groups excluding carboxylic acids is 2. The van der Waals surface area contributed by atoms with Crippen LogP contribution in [0.25, 0.3) is 0 Å². The summed E-state index contributed by atoms with van der Waals surface area (Å²) in [7, 11) is 0. The summed E-state index contributed by atoms with van der Waals surface area (Å²) in [5.41, 5.74) is 0.853. The lowest BCUT2D eigenvalue weighted by atomic mass is 9.83. The maximum atomic E-state index is 12.6. The van der Waals surface area contributed by atoms with E-state index in [1.807, 2.05) is 17.5 Å². The summed E-state index contributed by atoms with van der Waals surface area (Å²) < 4.78 is 10.2. The van der Waals surface area contributed by atoms with Gasteiger partial charge < -0.3 is 9.47 Å². The maximum Gasteiger partial charge on any atom is 0.336 e. The van der Waals surface area contributed by atoms with Crippen molar-refractivity contribution in [1.29, 1.82) is 5.26 Å². The Morgan fingerprint density at radius 3 is 2.85 bits per heavy atom. The van der Waals surface area contributed by atoms with E-state index in [9.17, 15) is 14.9 Å². The highest BCUT2D eigenvalue weighted by Gasteiger charge is 2.40. The second kappa shape index (κ2) is 10.1. The zero-order valence-electron chi connectivity index (χ0n) is 15.1. The lowest BCUT2D eigenvalue weighted by molar-refractivity contribution is -0.140. The Balaban J connectivity index is 2.40. The van der Waals surface area contributed by atoms with Crippen LogP contribution in [0.4, 0.5) is 0 Å². The van der Waals surface area contributed by atoms with E-state index in [2.05, 4.69) is 17.6 Å². The topological polar surface area (TPSA) is 88.8 Å². The van der Waals surface area contributed by atoms with E-state index in [0.717, 1.165) is 4.88 Å². The van der Waals surface area contributed by atoms with Gasteiger partial charge in [0.2, 0.25) is 0 Å². The van der Waals surface area contributed by atoms with Crippen LogP contribution in [0.3, 0.4) is 0 Å². The highest BCUT2D eigenvalue weighted by atomic mass is 32.2. The smallest absolute Gasteiger partial charge is 0.336 e. The standard InChI is InChI=1S/C19H20N2O4S2/c1-4-8-25-19(23)16-12(3)21-18(27-11-15(22)24-5-2)13(10-20)17(16)14-7-6-9-26-14/h4,6-7,9,13,17H,1,5,8,11H2,2-3H3/t13?,17-/m0/s1. The normalized spacial score (nSPS) is 19.1. The van der Waals surface area contributed by atoms with Crippen LogP contribution in [0.5, 0.6) is 0 Å². The molecule has 0 N–H and O–H groups in total. The maximum absolute atomic E-state index is 12.6. The van der Waals surface area contributed by atoms with Crippen molar-refractivity contribution < 1.29 is 19.1 Å². The number of nitrogens with zero attached hydrogens (tertiary/aromatic N) is 2. The second-order valence-corrected chi connectivity index (χ2v) is 7.50. The molecule has 1 aromatic rings. The van der Waals surface area contributed by atoms with Gasteiger partial charge in [0.1, 0.15) is 12.5 Å². The van der Waals surface area contributed by atoms with Crippen LogP contribution in [-0.4, -0.2) is 35.9 Å². The molecule has 0 aromatic carbocycles. The monoisotopic (exact) mass is 404 g/mol. The number of nitriles is 1. The Hall–Kier alpha value is -2.37. The van der Waals surface area contributed by atoms with Crippen LogP contribution in [0, 0.1) is 17.2 Å². The van der Waals surface area contributed by atoms with Gasteiger partial charge in [0.05, 0.1) is 29.0 Å². The molecule has 0 fully saturated rings. The third-order valence-electron chi connectivity index (χ3n) is 3.76. The van der Waals surface area contributed by atoms with Crippen molar-refractivity contribution in [2.45, 2.75) is 19.8 Å². The summed E-state index contributed by atoms with van der Waals surface area (Å²) in [6, 6.07) is 6.00. The molecule has 1 aromatic heterocycles. The number of aliphatic imine (C=N–C) groups is 1. The summed E-state index contributed by atoms with van der Waals surface area (Å²) >= 11 is 2.63. The lowest BCUT2D eigenvalue weighted by Gasteiger charge is -2.28. The van der Waals surface area contributed by atoms with E-state index in [0.29, 0.717) is 22.9 Å². The molecule has 0 bridgehead atoms. The molecule has 0 amide bonds. The van der Waals surface area contributed by atoms with Gasteiger partial charge in [-0.2, -0.15) is 5.26 Å². The Morgan fingerprint density at radius 1 is 1.48 bits per heavy atom. The minimum atomic E-state index is -0.682. The second-order valence-electron chi connectivity index (χ2n) is 5.53. The first-order valence-electron chi connectivity index (χ1n) is 8.32. The Kier molecular flexibility index (Phi) is 7.82. The highest BCUT2D eigenvalue weighted by molar-refractivity contribution is 8.14. The summed E-state index contributed by atoms with van der Waals surface area (Å²) in [6.07, 6.45) is 1.49. The van der Waals surface area contributed by atoms with Gasteiger partial charge in [-0.05, 0) is 25.3 Å². The fourth-order valence-electron chi connectivity index (χ4n) is 2.68. The van der Waals surface area contributed by atoms with Crippen LogP contribution in [0.2, 0.25) is 0 Å². The molecule has 2 atom stereocenters. The Morgan fingerprint density at radius 2 is 2.26 bits per heavy atom. The van der Waals surface area contributed by atoms with Gasteiger partial charge in [-0.25, -0.2) is 9.79 Å². The average Bonchev–Trinajstić information content (AvgIpc) is 3.18. The minimum Gasteiger partial charge on any atom is -0.465 e. The van der Waals surface area contributed by atoms with E-state index in [1.165, 1.54) is 29.2 Å². The number of carbonyl (C=O) groups is 2. The fraction of sp³-hybridized carbons (Fsp3) is 0.368. The van der Waals surface area contributed by atoms with Gasteiger partial charge in [-0.3, -0.25) is 4.79 Å². The summed E-state index contributed by atoms with van der Waals surface area (Å²) in [6.45, 7) is 7.37. The predicted octanol–water partition coefficient (Wildman–Crippen LogP) is 3.68. The molecule has 8 heteroatoms. The zero-order valence-corrected chi connectivity index (χ0v) is 16.8. The molecule has 1 unspecified atom stereocenters. The summed E-state index contributed by atoms with van der Waals surface area (Å²) in [4.78, 5) is 29.6. The van der Waals surface area contributed by atoms with Crippen LogP contribution >= 0.6 is 23.1 Å². The Bertz CT molecular complexity index is 806. The molecule has 1 aliphatic rings. The number of rotatable bonds is 7. The molecule has 0 spiro atoms. The number of hydrogen-bond acceptors (Lipinski definition) is 8. The molecule has 2 heterocycles. The molecular formula is C19H20N2O4S2. The predicted molar refractivity (Wildman–Crippen MR) is 107 cm³/mol. The average molecular weight is 405 g/mol. The van der Waals surface area contributed by atoms with Crippen molar-refractivity contribution in [3.8, 4) is 6.07 Å². The largest absolute Gasteiger partial charge is 0.465 e. The molecule has 0 radical (unpaired) electrons. The van der Waals surface area contributed by atoms with Crippen LogP contribution in [0.1, 0.15) is 24.6 Å². The number of ether oxygens (including phenoxy) is 2. The van der Waals surface area contributed by atoms with E-state index in [4.69, 9.17) is 9.47 Å². The van der Waals surface area contributed by atoms with Crippen molar-refractivity contribution in [3.63, 3.8) is 0 Å². The summed E-state index contributed by atoms with van der Waals surface area (Å²) in [5.74, 6) is -1.99. The van der Waals surface area contributed by atoms with Gasteiger partial charge in [-0.1, -0.05) is 30.5 Å². The van der Waals surface area contributed by atoms with Crippen LogP contribution in [-0.2, 0) is 19.1 Å². The third-order valence-corrected chi connectivity index (χ3v) is 5.74. The highest BCUT2D eigenvalue weighted by Crippen LogP contribution is 2.43. The van der Waals surface area contributed by atoms with Crippen molar-refractivity contribution in [2.75, 3.05) is 19.0 Å². The Labute approximate surface area is 166 Å². The first kappa shape index (κ1) is 20.9. The molecule has 27 heavy (non-hydrogen) atoms. The van der Waals surface area contributed by atoms with Crippen LogP contribution in [0.15, 0.2) is 46.4 Å². The van der Waals surface area contributed by atoms with Gasteiger partial charge in [0, 0.05) is 16.5 Å². The SMILES string of the molecule is C=CCOC(=O)C1=C(C)N=C(SCC(=O)OCC)C(C#N)[C@H]1c1cccs1. The van der Waals surface area contributed by atoms with Crippen molar-refractivity contribution >= 4 is 40.1 Å². The van der Waals surface area contributed by atoms with Crippen molar-refractivity contribution in [1.82, 2.24) is 0 Å². The van der Waals surface area contributed by atoms with E-state index in [1.54, 1.807) is 13.8 Å². The van der Waals surface area contributed by atoms with E-state index in [-0.39, 0.29) is 18.3 Å². The number of esters is 2. The third kappa shape index (κ3) is 5.08. The van der Waals surface area contributed by atoms with Crippen molar-refractivity contribution in [2.24, 2.45) is 10.9 Å². The fourth-order valence-corrected chi connectivity index (χ4v) is 4.47. The quantitative estimate of drug-likeness (QED) is 0.509. The number of thiophene rings is 1. The lowest BCUT2D eigenvalue weighted by Crippen LogP contribution is -2.29. The summed E-state index contributed by atoms with van der Waals surface area (Å²) in [5, 5.41) is 12.2. The molecule has 142 valence electrons. The minimum absolute atomic E-state index is 0.0610. The molecule has 6 nitrogen and oxygen atoms in total. The van der Waals surface area contributed by atoms with Gasteiger partial charge in [-0.15, -0.1) is 11.3 Å². The number of allylic oxidation sites excluding steroid dienone is 1. The molecule has 0 aliphatic carbocycles. The number of thioether (sulfide) groups is 1. The zero-order chi connectivity index (χ0) is 19.8. The van der Waals surface area contributed by atoms with Crippen molar-refractivity contribution in [3.05, 3.63) is 46.3 Å².